The summed E-state index contributed by atoms with van der Waals surface area (Å²) in [5.74, 6) is -0.875. The van der Waals surface area contributed by atoms with Crippen molar-refractivity contribution < 1.29 is 28.6 Å². The number of carbonyl (C=O) groups excluding carboxylic acids is 3. The second-order valence-electron chi connectivity index (χ2n) is 21.0. The van der Waals surface area contributed by atoms with Crippen molar-refractivity contribution in [1.82, 2.24) is 0 Å². The summed E-state index contributed by atoms with van der Waals surface area (Å²) in [5.41, 5.74) is 0. The first-order valence-corrected chi connectivity index (χ1v) is 31.1. The molecule has 0 spiro atoms. The van der Waals surface area contributed by atoms with Crippen LogP contribution >= 0.6 is 0 Å². The molecular formula is C65H118O6. The van der Waals surface area contributed by atoms with E-state index in [-0.39, 0.29) is 31.1 Å². The van der Waals surface area contributed by atoms with Crippen LogP contribution < -0.4 is 0 Å². The van der Waals surface area contributed by atoms with Crippen molar-refractivity contribution in [3.05, 3.63) is 48.6 Å². The number of hydrogen-bond acceptors (Lipinski definition) is 6. The fourth-order valence-corrected chi connectivity index (χ4v) is 9.08. The molecule has 0 N–H and O–H groups in total. The average Bonchev–Trinajstić information content (AvgIpc) is 3.37. The lowest BCUT2D eigenvalue weighted by Gasteiger charge is -2.18. The highest BCUT2D eigenvalue weighted by Crippen LogP contribution is 2.17. The molecule has 0 aromatic carbocycles. The molecule has 0 bridgehead atoms. The first-order valence-electron chi connectivity index (χ1n) is 31.1. The minimum Gasteiger partial charge on any atom is -0.462 e. The maximum absolute atomic E-state index is 12.9. The van der Waals surface area contributed by atoms with Gasteiger partial charge < -0.3 is 14.2 Å². The van der Waals surface area contributed by atoms with E-state index in [2.05, 4.69) is 69.4 Å². The van der Waals surface area contributed by atoms with Gasteiger partial charge in [-0.3, -0.25) is 14.4 Å². The zero-order chi connectivity index (χ0) is 51.4. The van der Waals surface area contributed by atoms with Crippen molar-refractivity contribution in [3.63, 3.8) is 0 Å². The Balaban J connectivity index is 4.33. The van der Waals surface area contributed by atoms with E-state index >= 15 is 0 Å². The van der Waals surface area contributed by atoms with Gasteiger partial charge in [-0.2, -0.15) is 0 Å². The lowest BCUT2D eigenvalue weighted by atomic mass is 10.0. The van der Waals surface area contributed by atoms with Crippen LogP contribution in [0, 0.1) is 0 Å². The van der Waals surface area contributed by atoms with Crippen molar-refractivity contribution in [2.45, 2.75) is 335 Å². The van der Waals surface area contributed by atoms with Gasteiger partial charge in [0.15, 0.2) is 6.10 Å². The zero-order valence-electron chi connectivity index (χ0n) is 47.5. The Bertz CT molecular complexity index is 1230. The summed E-state index contributed by atoms with van der Waals surface area (Å²) in [7, 11) is 0. The van der Waals surface area contributed by atoms with E-state index in [1.807, 2.05) is 0 Å². The Morgan fingerprint density at radius 1 is 0.282 bits per heavy atom. The molecule has 0 aliphatic carbocycles. The minimum atomic E-state index is -0.779. The van der Waals surface area contributed by atoms with Crippen LogP contribution in [0.2, 0.25) is 0 Å². The third-order valence-electron chi connectivity index (χ3n) is 13.8. The quantitative estimate of drug-likeness (QED) is 0.0261. The monoisotopic (exact) mass is 995 g/mol. The predicted molar refractivity (Wildman–Crippen MR) is 307 cm³/mol. The molecule has 0 fully saturated rings. The Morgan fingerprint density at radius 2 is 0.521 bits per heavy atom. The molecule has 1 atom stereocenters. The first kappa shape index (κ1) is 68.4. The summed E-state index contributed by atoms with van der Waals surface area (Å²) in [4.78, 5) is 38.3. The highest BCUT2D eigenvalue weighted by atomic mass is 16.6. The molecule has 414 valence electrons. The number of rotatable bonds is 57. The third-order valence-corrected chi connectivity index (χ3v) is 13.8. The summed E-state index contributed by atoms with van der Waals surface area (Å²) in [6.07, 6.45) is 73.9. The lowest BCUT2D eigenvalue weighted by Crippen LogP contribution is -2.30. The molecule has 0 amide bonds. The van der Waals surface area contributed by atoms with Crippen LogP contribution in [-0.2, 0) is 28.6 Å². The van der Waals surface area contributed by atoms with Gasteiger partial charge >= 0.3 is 17.9 Å². The maximum Gasteiger partial charge on any atom is 0.306 e. The van der Waals surface area contributed by atoms with Gasteiger partial charge in [0.05, 0.1) is 0 Å². The predicted octanol–water partition coefficient (Wildman–Crippen LogP) is 21.0. The fourth-order valence-electron chi connectivity index (χ4n) is 9.08. The van der Waals surface area contributed by atoms with Crippen molar-refractivity contribution in [3.8, 4) is 0 Å². The largest absolute Gasteiger partial charge is 0.462 e. The molecule has 0 saturated carbocycles. The molecule has 1 unspecified atom stereocenters. The second-order valence-corrected chi connectivity index (χ2v) is 21.0. The fraction of sp³-hybridized carbons (Fsp3) is 0.831. The Kier molecular flexibility index (Phi) is 57.7. The standard InChI is InChI=1S/C65H118O6/c1-4-7-10-13-16-19-22-25-28-30-32-33-34-36-37-40-43-46-49-52-55-58-64(67)70-61-62(60-69-63(66)57-54-51-48-45-42-39-27-24-21-18-15-12-9-6-3)71-65(68)59-56-53-50-47-44-41-38-35-31-29-26-23-20-17-14-11-8-5-2/h15,18,22,24-25,27,30,32,62H,4-14,16-17,19-21,23,26,28-29,31,33-61H2,1-3H3/b18-15-,25-22-,27-24-,32-30-. The van der Waals surface area contributed by atoms with E-state index in [0.29, 0.717) is 19.3 Å². The smallest absolute Gasteiger partial charge is 0.306 e. The second kappa shape index (κ2) is 59.9. The van der Waals surface area contributed by atoms with Crippen molar-refractivity contribution >= 4 is 17.9 Å². The van der Waals surface area contributed by atoms with Gasteiger partial charge in [0.25, 0.3) is 0 Å². The molecule has 0 aliphatic heterocycles. The number of carbonyl (C=O) groups is 3. The SMILES string of the molecule is CCCC/C=C\C/C=C\CCCCCCCC(=O)OCC(COC(=O)CCCCCCCCCCC/C=C\C/C=C\CCCCCCC)OC(=O)CCCCCCCCCCCCCCCCCCCC. The maximum atomic E-state index is 12.9. The van der Waals surface area contributed by atoms with E-state index in [4.69, 9.17) is 14.2 Å². The van der Waals surface area contributed by atoms with Gasteiger partial charge in [0, 0.05) is 19.3 Å². The van der Waals surface area contributed by atoms with Gasteiger partial charge in [-0.15, -0.1) is 0 Å². The molecule has 0 aromatic rings. The lowest BCUT2D eigenvalue weighted by molar-refractivity contribution is -0.167. The molecule has 6 nitrogen and oxygen atoms in total. The highest BCUT2D eigenvalue weighted by Gasteiger charge is 2.19. The number of hydrogen-bond donors (Lipinski definition) is 0. The first-order chi connectivity index (χ1) is 35.0. The third kappa shape index (κ3) is 58.1. The molecule has 0 aromatic heterocycles. The molecule has 6 heteroatoms. The number of esters is 3. The van der Waals surface area contributed by atoms with Crippen molar-refractivity contribution in [2.24, 2.45) is 0 Å². The Hall–Kier alpha value is -2.63. The zero-order valence-corrected chi connectivity index (χ0v) is 47.5. The number of unbranched alkanes of at least 4 members (excludes halogenated alkanes) is 38. The van der Waals surface area contributed by atoms with Crippen molar-refractivity contribution in [1.29, 1.82) is 0 Å². The summed E-state index contributed by atoms with van der Waals surface area (Å²) in [6, 6.07) is 0. The highest BCUT2D eigenvalue weighted by molar-refractivity contribution is 5.71. The molecular weight excluding hydrogens is 877 g/mol. The van der Waals surface area contributed by atoms with Crippen molar-refractivity contribution in [2.75, 3.05) is 13.2 Å². The molecule has 0 radical (unpaired) electrons. The summed E-state index contributed by atoms with van der Waals surface area (Å²) >= 11 is 0. The van der Waals surface area contributed by atoms with Gasteiger partial charge in [0.2, 0.25) is 0 Å². The van der Waals surface area contributed by atoms with E-state index in [9.17, 15) is 14.4 Å². The minimum absolute atomic E-state index is 0.0767. The van der Waals surface area contributed by atoms with Gasteiger partial charge in [-0.05, 0) is 77.0 Å². The van der Waals surface area contributed by atoms with E-state index < -0.39 is 6.10 Å². The van der Waals surface area contributed by atoms with Crippen LogP contribution in [0.5, 0.6) is 0 Å². The van der Waals surface area contributed by atoms with Crippen LogP contribution in [0.4, 0.5) is 0 Å². The Labute approximate surface area is 441 Å². The summed E-state index contributed by atoms with van der Waals surface area (Å²) in [5, 5.41) is 0. The topological polar surface area (TPSA) is 78.9 Å². The molecule has 71 heavy (non-hydrogen) atoms. The summed E-state index contributed by atoms with van der Waals surface area (Å²) in [6.45, 7) is 6.62. The number of allylic oxidation sites excluding steroid dienone is 8. The van der Waals surface area contributed by atoms with E-state index in [1.165, 1.54) is 205 Å². The van der Waals surface area contributed by atoms with Crippen LogP contribution in [0.15, 0.2) is 48.6 Å². The molecule has 0 aliphatic rings. The van der Waals surface area contributed by atoms with E-state index in [1.54, 1.807) is 0 Å². The van der Waals surface area contributed by atoms with Gasteiger partial charge in [-0.25, -0.2) is 0 Å². The van der Waals surface area contributed by atoms with Gasteiger partial charge in [-0.1, -0.05) is 281 Å². The average molecular weight is 996 g/mol. The van der Waals surface area contributed by atoms with Gasteiger partial charge in [0.1, 0.15) is 13.2 Å². The molecule has 0 saturated heterocycles. The molecule has 0 heterocycles. The Morgan fingerprint density at radius 3 is 0.817 bits per heavy atom. The summed E-state index contributed by atoms with van der Waals surface area (Å²) < 4.78 is 16.9. The normalized spacial score (nSPS) is 12.3. The van der Waals surface area contributed by atoms with Crippen LogP contribution in [0.1, 0.15) is 329 Å². The molecule has 0 rings (SSSR count). The van der Waals surface area contributed by atoms with Crippen LogP contribution in [0.25, 0.3) is 0 Å². The van der Waals surface area contributed by atoms with Crippen LogP contribution in [0.3, 0.4) is 0 Å². The van der Waals surface area contributed by atoms with Crippen LogP contribution in [-0.4, -0.2) is 37.2 Å². The number of ether oxygens (including phenoxy) is 3. The van der Waals surface area contributed by atoms with E-state index in [0.717, 1.165) is 83.5 Å².